The molecular weight excluding hydrogens is 168 g/mol. The van der Waals surface area contributed by atoms with Gasteiger partial charge in [-0.3, -0.25) is 0 Å². The first-order valence-electron chi connectivity index (χ1n) is 3.60. The molecule has 0 spiro atoms. The molecule has 12 heavy (non-hydrogen) atoms. The highest BCUT2D eigenvalue weighted by molar-refractivity contribution is 7.98. The zero-order chi connectivity index (χ0) is 8.97. The molecule has 1 rings (SSSR count). The van der Waals surface area contributed by atoms with Gasteiger partial charge in [-0.05, 0) is 23.4 Å². The van der Waals surface area contributed by atoms with Gasteiger partial charge in [0.15, 0.2) is 0 Å². The summed E-state index contributed by atoms with van der Waals surface area (Å²) in [7, 11) is 0. The maximum absolute atomic E-state index is 8.89. The van der Waals surface area contributed by atoms with Gasteiger partial charge in [-0.15, -0.1) is 11.8 Å². The minimum Gasteiger partial charge on any atom is -0.385 e. The molecule has 0 unspecified atom stereocenters. The quantitative estimate of drug-likeness (QED) is 0.720. The molecule has 1 aromatic carbocycles. The molecule has 0 saturated carbocycles. The average molecular weight is 179 g/mol. The Morgan fingerprint density at radius 1 is 1.50 bits per heavy atom. The van der Waals surface area contributed by atoms with Crippen molar-refractivity contribution in [2.45, 2.75) is 4.90 Å². The number of aliphatic hydroxyl groups excluding tert-OH is 1. The van der Waals surface area contributed by atoms with Crippen molar-refractivity contribution >= 4 is 17.8 Å². The van der Waals surface area contributed by atoms with E-state index in [1.165, 1.54) is 0 Å². The van der Waals surface area contributed by atoms with E-state index in [2.05, 4.69) is 6.58 Å². The van der Waals surface area contributed by atoms with Crippen molar-refractivity contribution in [2.24, 2.45) is 0 Å². The van der Waals surface area contributed by atoms with Crippen LogP contribution in [0, 0.1) is 6.61 Å². The highest BCUT2D eigenvalue weighted by Crippen LogP contribution is 2.24. The molecule has 0 aliphatic rings. The topological polar surface area (TPSA) is 20.2 Å². The van der Waals surface area contributed by atoms with Gasteiger partial charge < -0.3 is 5.11 Å². The van der Waals surface area contributed by atoms with Gasteiger partial charge in [-0.1, -0.05) is 24.8 Å². The molecule has 1 radical (unpaired) electrons. The van der Waals surface area contributed by atoms with Crippen LogP contribution in [-0.2, 0) is 0 Å². The van der Waals surface area contributed by atoms with Gasteiger partial charge >= 0.3 is 0 Å². The van der Waals surface area contributed by atoms with Gasteiger partial charge in [0.2, 0.25) is 0 Å². The third-order valence-corrected chi connectivity index (χ3v) is 2.46. The lowest BCUT2D eigenvalue weighted by Gasteiger charge is -2.06. The highest BCUT2D eigenvalue weighted by Gasteiger charge is 2.02. The molecule has 0 aromatic heterocycles. The molecule has 0 atom stereocenters. The maximum atomic E-state index is 8.89. The normalized spacial score (nSPS) is 9.83. The Bertz CT molecular complexity index is 259. The van der Waals surface area contributed by atoms with Crippen molar-refractivity contribution in [3.8, 4) is 0 Å². The highest BCUT2D eigenvalue weighted by atomic mass is 32.2. The van der Waals surface area contributed by atoms with Crippen molar-refractivity contribution in [3.63, 3.8) is 0 Å². The standard InChI is InChI=1S/C10H11OS/c1-3-9-8(7-11)5-4-6-10(9)12-2/h3-7,11H,1H2,2H3. The van der Waals surface area contributed by atoms with Gasteiger partial charge in [0.1, 0.15) is 6.61 Å². The summed E-state index contributed by atoms with van der Waals surface area (Å²) in [5, 5.41) is 8.89. The molecule has 1 N–H and O–H groups in total. The summed E-state index contributed by atoms with van der Waals surface area (Å²) >= 11 is 1.65. The Morgan fingerprint density at radius 3 is 2.75 bits per heavy atom. The number of aliphatic hydroxyl groups is 1. The maximum Gasteiger partial charge on any atom is 0.110 e. The van der Waals surface area contributed by atoms with Crippen molar-refractivity contribution in [2.75, 3.05) is 6.26 Å². The van der Waals surface area contributed by atoms with E-state index in [4.69, 9.17) is 5.11 Å². The fourth-order valence-electron chi connectivity index (χ4n) is 1.07. The summed E-state index contributed by atoms with van der Waals surface area (Å²) in [6.45, 7) is 4.81. The van der Waals surface area contributed by atoms with Crippen LogP contribution in [0.4, 0.5) is 0 Å². The molecule has 1 aromatic rings. The summed E-state index contributed by atoms with van der Waals surface area (Å²) < 4.78 is 0. The summed E-state index contributed by atoms with van der Waals surface area (Å²) in [6.07, 6.45) is 3.76. The number of rotatable bonds is 3. The second-order valence-corrected chi connectivity index (χ2v) is 3.14. The molecular formula is C10H11OS. The van der Waals surface area contributed by atoms with Crippen LogP contribution in [0.3, 0.4) is 0 Å². The van der Waals surface area contributed by atoms with Crippen LogP contribution in [-0.4, -0.2) is 11.4 Å². The smallest absolute Gasteiger partial charge is 0.110 e. The number of hydrogen-bond acceptors (Lipinski definition) is 2. The zero-order valence-electron chi connectivity index (χ0n) is 6.95. The van der Waals surface area contributed by atoms with Crippen LogP contribution in [0.25, 0.3) is 6.08 Å². The Labute approximate surface area is 77.1 Å². The van der Waals surface area contributed by atoms with Gasteiger partial charge in [-0.25, -0.2) is 0 Å². The van der Waals surface area contributed by atoms with Crippen LogP contribution < -0.4 is 0 Å². The lowest BCUT2D eigenvalue weighted by Crippen LogP contribution is -1.87. The molecule has 0 aliphatic heterocycles. The summed E-state index contributed by atoms with van der Waals surface area (Å²) in [5.41, 5.74) is 1.81. The van der Waals surface area contributed by atoms with E-state index in [1.54, 1.807) is 17.8 Å². The second-order valence-electron chi connectivity index (χ2n) is 2.30. The van der Waals surface area contributed by atoms with Crippen LogP contribution in [0.2, 0.25) is 0 Å². The van der Waals surface area contributed by atoms with E-state index in [0.29, 0.717) is 0 Å². The van der Waals surface area contributed by atoms with Crippen molar-refractivity contribution in [1.82, 2.24) is 0 Å². The Hall–Kier alpha value is -0.730. The molecule has 0 aliphatic carbocycles. The lowest BCUT2D eigenvalue weighted by atomic mass is 10.1. The molecule has 1 nitrogen and oxygen atoms in total. The SMILES string of the molecule is C=Cc1c([CH]O)cccc1SC. The minimum atomic E-state index is 0.817. The predicted molar refractivity (Wildman–Crippen MR) is 53.7 cm³/mol. The third-order valence-electron chi connectivity index (χ3n) is 1.66. The van der Waals surface area contributed by atoms with E-state index in [-0.39, 0.29) is 0 Å². The molecule has 63 valence electrons. The first-order chi connectivity index (χ1) is 5.83. The number of benzene rings is 1. The van der Waals surface area contributed by atoms with Gasteiger partial charge in [0.25, 0.3) is 0 Å². The third kappa shape index (κ3) is 1.71. The Kier molecular flexibility index (Phi) is 3.38. The summed E-state index contributed by atoms with van der Waals surface area (Å²) in [5.74, 6) is 0. The van der Waals surface area contributed by atoms with Crippen LogP contribution in [0.15, 0.2) is 29.7 Å². The first-order valence-corrected chi connectivity index (χ1v) is 4.82. The van der Waals surface area contributed by atoms with Crippen molar-refractivity contribution < 1.29 is 5.11 Å². The van der Waals surface area contributed by atoms with E-state index in [1.807, 2.05) is 24.5 Å². The van der Waals surface area contributed by atoms with Crippen molar-refractivity contribution in [3.05, 3.63) is 42.5 Å². The second kappa shape index (κ2) is 4.33. The van der Waals surface area contributed by atoms with Gasteiger partial charge in [-0.2, -0.15) is 0 Å². The molecule has 0 fully saturated rings. The lowest BCUT2D eigenvalue weighted by molar-refractivity contribution is 0.414. The Morgan fingerprint density at radius 2 is 2.25 bits per heavy atom. The van der Waals surface area contributed by atoms with E-state index >= 15 is 0 Å². The van der Waals surface area contributed by atoms with Gasteiger partial charge in [0, 0.05) is 4.90 Å². The van der Waals surface area contributed by atoms with E-state index in [9.17, 15) is 0 Å². The van der Waals surface area contributed by atoms with Crippen LogP contribution in [0.1, 0.15) is 11.1 Å². The number of hydrogen-bond donors (Lipinski definition) is 1. The monoisotopic (exact) mass is 179 g/mol. The first kappa shape index (κ1) is 9.36. The van der Waals surface area contributed by atoms with Crippen LogP contribution >= 0.6 is 11.8 Å². The predicted octanol–water partition coefficient (Wildman–Crippen LogP) is 2.93. The summed E-state index contributed by atoms with van der Waals surface area (Å²) in [4.78, 5) is 1.13. The summed E-state index contributed by atoms with van der Waals surface area (Å²) in [6, 6.07) is 5.78. The molecule has 0 amide bonds. The number of thioether (sulfide) groups is 1. The molecule has 0 saturated heterocycles. The van der Waals surface area contributed by atoms with Crippen molar-refractivity contribution in [1.29, 1.82) is 0 Å². The molecule has 0 heterocycles. The van der Waals surface area contributed by atoms with E-state index in [0.717, 1.165) is 22.6 Å². The fourth-order valence-corrected chi connectivity index (χ4v) is 1.71. The average Bonchev–Trinajstić information content (AvgIpc) is 2.16. The van der Waals surface area contributed by atoms with E-state index < -0.39 is 0 Å². The zero-order valence-corrected chi connectivity index (χ0v) is 7.77. The largest absolute Gasteiger partial charge is 0.385 e. The molecule has 2 heteroatoms. The fraction of sp³-hybridized carbons (Fsp3) is 0.100. The molecule has 0 bridgehead atoms. The van der Waals surface area contributed by atoms with Gasteiger partial charge in [0.05, 0.1) is 0 Å². The minimum absolute atomic E-state index is 0.817. The van der Waals surface area contributed by atoms with Crippen LogP contribution in [0.5, 0.6) is 0 Å². The Balaban J connectivity index is 3.21.